The molecule has 78 valence electrons. The average Bonchev–Trinajstić information content (AvgIpc) is 2.14. The molecule has 0 aliphatic heterocycles. The highest BCUT2D eigenvalue weighted by atomic mass is 19.1. The third-order valence-electron chi connectivity index (χ3n) is 1.71. The molecule has 0 aromatic carbocycles. The summed E-state index contributed by atoms with van der Waals surface area (Å²) in [7, 11) is 0. The predicted octanol–water partition coefficient (Wildman–Crippen LogP) is 1.27. The topological polar surface area (TPSA) is 57.8 Å². The molecule has 4 nitrogen and oxygen atoms in total. The molecule has 0 saturated carbocycles. The van der Waals surface area contributed by atoms with Crippen LogP contribution in [-0.4, -0.2) is 23.2 Å². The van der Waals surface area contributed by atoms with E-state index in [9.17, 15) is 9.18 Å². The number of nitrogens with one attached hydrogen (secondary N) is 2. The number of alkyl halides is 1. The zero-order valence-electron chi connectivity index (χ0n) is 8.30. The van der Waals surface area contributed by atoms with Gasteiger partial charge in [0, 0.05) is 18.5 Å². The molecule has 0 fully saturated rings. The molecular formula is C9H14FN3O. The monoisotopic (exact) mass is 199 g/mol. The molecule has 0 amide bonds. The Balaban J connectivity index is 2.90. The fourth-order valence-electron chi connectivity index (χ4n) is 1.02. The number of aromatic nitrogens is 2. The number of aromatic amines is 1. The van der Waals surface area contributed by atoms with Gasteiger partial charge < -0.3 is 10.3 Å². The van der Waals surface area contributed by atoms with Crippen LogP contribution in [0.2, 0.25) is 0 Å². The Kier molecular flexibility index (Phi) is 3.62. The van der Waals surface area contributed by atoms with Gasteiger partial charge in [-0.1, -0.05) is 13.8 Å². The maximum atomic E-state index is 11.9. The van der Waals surface area contributed by atoms with Crippen LogP contribution in [0.25, 0.3) is 0 Å². The van der Waals surface area contributed by atoms with E-state index in [4.69, 9.17) is 0 Å². The molecule has 0 saturated heterocycles. The lowest BCUT2D eigenvalue weighted by atomic mass is 10.2. The molecule has 0 bridgehead atoms. The van der Waals surface area contributed by atoms with Gasteiger partial charge in [-0.05, 0) is 0 Å². The van der Waals surface area contributed by atoms with E-state index in [-0.39, 0.29) is 18.0 Å². The number of hydrogen-bond donors (Lipinski definition) is 2. The fourth-order valence-corrected chi connectivity index (χ4v) is 1.02. The maximum Gasteiger partial charge on any atom is 0.252 e. The Morgan fingerprint density at radius 2 is 2.36 bits per heavy atom. The van der Waals surface area contributed by atoms with E-state index < -0.39 is 6.67 Å². The third-order valence-corrected chi connectivity index (χ3v) is 1.71. The van der Waals surface area contributed by atoms with E-state index in [1.54, 1.807) is 0 Å². The largest absolute Gasteiger partial charge is 0.367 e. The lowest BCUT2D eigenvalue weighted by molar-refractivity contribution is 0.512. The van der Waals surface area contributed by atoms with Gasteiger partial charge >= 0.3 is 0 Å². The molecule has 0 radical (unpaired) electrons. The van der Waals surface area contributed by atoms with Gasteiger partial charge in [-0.25, -0.2) is 9.37 Å². The summed E-state index contributed by atoms with van der Waals surface area (Å²) in [6.07, 6.45) is 0. The Morgan fingerprint density at radius 1 is 1.64 bits per heavy atom. The van der Waals surface area contributed by atoms with Gasteiger partial charge in [0.15, 0.2) is 0 Å². The van der Waals surface area contributed by atoms with Crippen molar-refractivity contribution in [2.75, 3.05) is 18.5 Å². The highest BCUT2D eigenvalue weighted by Gasteiger charge is 2.04. The molecule has 5 heteroatoms. The zero-order valence-corrected chi connectivity index (χ0v) is 8.30. The van der Waals surface area contributed by atoms with Crippen LogP contribution in [0, 0.1) is 0 Å². The summed E-state index contributed by atoms with van der Waals surface area (Å²) in [5.74, 6) is 1.18. The van der Waals surface area contributed by atoms with Crippen molar-refractivity contribution in [3.8, 4) is 0 Å². The maximum absolute atomic E-state index is 11.9. The average molecular weight is 199 g/mol. The normalized spacial score (nSPS) is 10.6. The summed E-state index contributed by atoms with van der Waals surface area (Å²) in [6.45, 7) is 3.55. The van der Waals surface area contributed by atoms with Crippen molar-refractivity contribution >= 4 is 5.82 Å². The second-order valence-electron chi connectivity index (χ2n) is 3.29. The summed E-state index contributed by atoms with van der Waals surface area (Å²) in [6, 6.07) is 1.32. The quantitative estimate of drug-likeness (QED) is 0.767. The number of rotatable bonds is 4. The number of anilines is 1. The number of halogens is 1. The lowest BCUT2D eigenvalue weighted by Crippen LogP contribution is -2.15. The van der Waals surface area contributed by atoms with Crippen molar-refractivity contribution in [1.82, 2.24) is 9.97 Å². The highest BCUT2D eigenvalue weighted by Crippen LogP contribution is 2.08. The van der Waals surface area contributed by atoms with Gasteiger partial charge in [-0.2, -0.15) is 0 Å². The van der Waals surface area contributed by atoms with E-state index in [2.05, 4.69) is 15.3 Å². The van der Waals surface area contributed by atoms with Gasteiger partial charge in [-0.3, -0.25) is 4.79 Å². The van der Waals surface area contributed by atoms with Crippen molar-refractivity contribution in [3.05, 3.63) is 22.2 Å². The Labute approximate surface area is 81.6 Å². The Bertz CT molecular complexity index is 348. The van der Waals surface area contributed by atoms with Gasteiger partial charge in [0.2, 0.25) is 0 Å². The van der Waals surface area contributed by atoms with Crippen molar-refractivity contribution < 1.29 is 4.39 Å². The van der Waals surface area contributed by atoms with E-state index in [1.165, 1.54) is 6.07 Å². The van der Waals surface area contributed by atoms with E-state index in [0.717, 1.165) is 0 Å². The summed E-state index contributed by atoms with van der Waals surface area (Å²) >= 11 is 0. The summed E-state index contributed by atoms with van der Waals surface area (Å²) < 4.78 is 11.9. The SMILES string of the molecule is CC(C)c1nc(NCCF)cc(=O)[nH]1. The molecule has 0 unspecified atom stereocenters. The van der Waals surface area contributed by atoms with Crippen molar-refractivity contribution in [2.45, 2.75) is 19.8 Å². The third kappa shape index (κ3) is 2.83. The highest BCUT2D eigenvalue weighted by molar-refractivity contribution is 5.33. The molecule has 1 aromatic rings. The molecule has 1 aromatic heterocycles. The molecule has 0 atom stereocenters. The summed E-state index contributed by atoms with van der Waals surface area (Å²) in [5.41, 5.74) is -0.218. The minimum absolute atomic E-state index is 0.148. The van der Waals surface area contributed by atoms with Gasteiger partial charge in [0.25, 0.3) is 5.56 Å². The van der Waals surface area contributed by atoms with Gasteiger partial charge in [0.1, 0.15) is 18.3 Å². The first-order valence-corrected chi connectivity index (χ1v) is 4.54. The minimum atomic E-state index is -0.481. The van der Waals surface area contributed by atoms with Gasteiger partial charge in [0.05, 0.1) is 0 Å². The second kappa shape index (κ2) is 4.74. The fraction of sp³-hybridized carbons (Fsp3) is 0.556. The van der Waals surface area contributed by atoms with Crippen molar-refractivity contribution in [3.63, 3.8) is 0 Å². The molecule has 0 aliphatic carbocycles. The van der Waals surface area contributed by atoms with Crippen LogP contribution in [0.3, 0.4) is 0 Å². The molecule has 1 rings (SSSR count). The molecule has 1 heterocycles. The van der Waals surface area contributed by atoms with E-state index >= 15 is 0 Å². The molecular weight excluding hydrogens is 185 g/mol. The van der Waals surface area contributed by atoms with Crippen LogP contribution in [-0.2, 0) is 0 Å². The van der Waals surface area contributed by atoms with Crippen LogP contribution in [0.1, 0.15) is 25.6 Å². The number of hydrogen-bond acceptors (Lipinski definition) is 3. The second-order valence-corrected chi connectivity index (χ2v) is 3.29. The summed E-state index contributed by atoms with van der Waals surface area (Å²) in [5, 5.41) is 2.72. The first-order valence-electron chi connectivity index (χ1n) is 4.54. The van der Waals surface area contributed by atoms with Crippen LogP contribution < -0.4 is 10.9 Å². The van der Waals surface area contributed by atoms with Crippen LogP contribution in [0.15, 0.2) is 10.9 Å². The number of nitrogens with zero attached hydrogens (tertiary/aromatic N) is 1. The first kappa shape index (κ1) is 10.7. The zero-order chi connectivity index (χ0) is 10.6. The number of H-pyrrole nitrogens is 1. The summed E-state index contributed by atoms with van der Waals surface area (Å²) in [4.78, 5) is 17.9. The predicted molar refractivity (Wildman–Crippen MR) is 53.4 cm³/mol. The Hall–Kier alpha value is -1.39. The molecule has 14 heavy (non-hydrogen) atoms. The van der Waals surface area contributed by atoms with Crippen LogP contribution >= 0.6 is 0 Å². The van der Waals surface area contributed by atoms with Gasteiger partial charge in [-0.15, -0.1) is 0 Å². The molecule has 0 aliphatic rings. The first-order chi connectivity index (χ1) is 6.63. The smallest absolute Gasteiger partial charge is 0.252 e. The molecule has 0 spiro atoms. The van der Waals surface area contributed by atoms with Crippen LogP contribution in [0.5, 0.6) is 0 Å². The van der Waals surface area contributed by atoms with E-state index in [0.29, 0.717) is 11.6 Å². The lowest BCUT2D eigenvalue weighted by Gasteiger charge is -2.07. The standard InChI is InChI=1S/C9H14FN3O/c1-6(2)9-12-7(11-4-3-10)5-8(14)13-9/h5-6H,3-4H2,1-2H3,(H2,11,12,13,14). The van der Waals surface area contributed by atoms with Crippen molar-refractivity contribution in [2.24, 2.45) is 0 Å². The minimum Gasteiger partial charge on any atom is -0.367 e. The van der Waals surface area contributed by atoms with Crippen molar-refractivity contribution in [1.29, 1.82) is 0 Å². The van der Waals surface area contributed by atoms with E-state index in [1.807, 2.05) is 13.8 Å². The Morgan fingerprint density at radius 3 is 2.93 bits per heavy atom. The van der Waals surface area contributed by atoms with Crippen LogP contribution in [0.4, 0.5) is 10.2 Å². The molecule has 2 N–H and O–H groups in total.